The van der Waals surface area contributed by atoms with Crippen molar-refractivity contribution in [2.45, 2.75) is 53.6 Å². The van der Waals surface area contributed by atoms with Gasteiger partial charge in [0.2, 0.25) is 12.1 Å². The van der Waals surface area contributed by atoms with E-state index in [1.165, 1.54) is 5.56 Å². The number of carbonyl (C=O) groups excluding carboxylic acids is 1. The van der Waals surface area contributed by atoms with Crippen LogP contribution in [0.25, 0.3) is 10.8 Å². The number of ether oxygens (including phenoxy) is 2. The maximum Gasteiger partial charge on any atom is 0.244 e. The maximum absolute atomic E-state index is 13.7. The van der Waals surface area contributed by atoms with Gasteiger partial charge in [0.15, 0.2) is 6.54 Å². The van der Waals surface area contributed by atoms with Crippen molar-refractivity contribution in [3.63, 3.8) is 0 Å². The van der Waals surface area contributed by atoms with Crippen LogP contribution >= 0.6 is 0 Å². The largest absolute Gasteiger partial charge is 1.00 e. The SMILES string of the molecule is CC(C)CCOc1cc(C(=O)Cn2cc[n+](Cc3ccccc3)c2)c(OCCC(C)C)c2ccccc12.[Br-]. The Morgan fingerprint density at radius 2 is 1.50 bits per heavy atom. The third-order valence-electron chi connectivity index (χ3n) is 6.43. The number of imidazole rings is 1. The minimum Gasteiger partial charge on any atom is -1.00 e. The first kappa shape index (κ1) is 29.4. The van der Waals surface area contributed by atoms with E-state index >= 15 is 0 Å². The molecular formula is C32H39BrN2O3. The number of hydrogen-bond acceptors (Lipinski definition) is 3. The molecule has 202 valence electrons. The molecule has 4 rings (SSSR count). The summed E-state index contributed by atoms with van der Waals surface area (Å²) in [6.07, 6.45) is 7.80. The van der Waals surface area contributed by atoms with E-state index in [0.717, 1.165) is 35.9 Å². The zero-order valence-electron chi connectivity index (χ0n) is 22.9. The molecule has 0 aliphatic heterocycles. The molecule has 0 radical (unpaired) electrons. The quantitative estimate of drug-likeness (QED) is 0.179. The first-order valence-corrected chi connectivity index (χ1v) is 13.3. The number of nitrogens with zero attached hydrogens (tertiary/aromatic N) is 2. The van der Waals surface area contributed by atoms with Gasteiger partial charge < -0.3 is 26.5 Å². The molecule has 5 nitrogen and oxygen atoms in total. The van der Waals surface area contributed by atoms with Crippen molar-refractivity contribution >= 4 is 16.6 Å². The Morgan fingerprint density at radius 3 is 2.18 bits per heavy atom. The van der Waals surface area contributed by atoms with Crippen molar-refractivity contribution in [3.8, 4) is 11.5 Å². The molecule has 6 heteroatoms. The summed E-state index contributed by atoms with van der Waals surface area (Å²) in [5, 5.41) is 1.90. The monoisotopic (exact) mass is 578 g/mol. The van der Waals surface area contributed by atoms with Crippen LogP contribution in [0.3, 0.4) is 0 Å². The normalized spacial score (nSPS) is 11.1. The van der Waals surface area contributed by atoms with Crippen LogP contribution in [0, 0.1) is 11.8 Å². The number of aromatic nitrogens is 2. The minimum atomic E-state index is 0. The summed E-state index contributed by atoms with van der Waals surface area (Å²) in [5.41, 5.74) is 1.79. The second-order valence-electron chi connectivity index (χ2n) is 10.5. The van der Waals surface area contributed by atoms with E-state index in [1.807, 2.05) is 71.8 Å². The average Bonchev–Trinajstić information content (AvgIpc) is 3.31. The lowest BCUT2D eigenvalue weighted by atomic mass is 10.0. The van der Waals surface area contributed by atoms with Crippen LogP contribution in [0.2, 0.25) is 0 Å². The Morgan fingerprint density at radius 1 is 0.868 bits per heavy atom. The molecule has 0 saturated heterocycles. The van der Waals surface area contributed by atoms with Gasteiger partial charge in [-0.2, -0.15) is 0 Å². The molecule has 0 bridgehead atoms. The van der Waals surface area contributed by atoms with Crippen LogP contribution in [-0.4, -0.2) is 23.6 Å². The smallest absolute Gasteiger partial charge is 0.244 e. The van der Waals surface area contributed by atoms with E-state index in [2.05, 4.69) is 44.4 Å². The van der Waals surface area contributed by atoms with Crippen LogP contribution in [-0.2, 0) is 13.1 Å². The van der Waals surface area contributed by atoms with Crippen LogP contribution in [0.15, 0.2) is 79.4 Å². The van der Waals surface area contributed by atoms with Gasteiger partial charge >= 0.3 is 0 Å². The zero-order chi connectivity index (χ0) is 26.2. The van der Waals surface area contributed by atoms with Gasteiger partial charge in [-0.05, 0) is 36.3 Å². The minimum absolute atomic E-state index is 0. The van der Waals surface area contributed by atoms with E-state index in [1.54, 1.807) is 0 Å². The Kier molecular flexibility index (Phi) is 11.0. The highest BCUT2D eigenvalue weighted by atomic mass is 79.9. The van der Waals surface area contributed by atoms with Crippen molar-refractivity contribution in [3.05, 3.63) is 90.5 Å². The lowest BCUT2D eigenvalue weighted by molar-refractivity contribution is -0.687. The number of rotatable bonds is 13. The summed E-state index contributed by atoms with van der Waals surface area (Å²) in [7, 11) is 0. The second-order valence-corrected chi connectivity index (χ2v) is 10.5. The summed E-state index contributed by atoms with van der Waals surface area (Å²) in [6.45, 7) is 10.9. The van der Waals surface area contributed by atoms with Crippen molar-refractivity contribution in [2.75, 3.05) is 13.2 Å². The highest BCUT2D eigenvalue weighted by Gasteiger charge is 2.22. The van der Waals surface area contributed by atoms with Crippen LogP contribution in [0.1, 0.15) is 56.5 Å². The molecule has 0 aliphatic rings. The first-order valence-electron chi connectivity index (χ1n) is 13.3. The highest BCUT2D eigenvalue weighted by Crippen LogP contribution is 2.38. The lowest BCUT2D eigenvalue weighted by Crippen LogP contribution is -3.00. The number of carbonyl (C=O) groups is 1. The van der Waals surface area contributed by atoms with E-state index in [0.29, 0.717) is 36.4 Å². The molecule has 0 amide bonds. The van der Waals surface area contributed by atoms with E-state index < -0.39 is 0 Å². The average molecular weight is 580 g/mol. The summed E-state index contributed by atoms with van der Waals surface area (Å²) >= 11 is 0. The van der Waals surface area contributed by atoms with Gasteiger partial charge in [-0.1, -0.05) is 82.3 Å². The van der Waals surface area contributed by atoms with Gasteiger partial charge in [0.1, 0.15) is 30.4 Å². The summed E-state index contributed by atoms with van der Waals surface area (Å²) in [4.78, 5) is 13.7. The summed E-state index contributed by atoms with van der Waals surface area (Å²) < 4.78 is 16.5. The Hall–Kier alpha value is -3.12. The molecule has 0 saturated carbocycles. The second kappa shape index (κ2) is 14.1. The molecular weight excluding hydrogens is 540 g/mol. The summed E-state index contributed by atoms with van der Waals surface area (Å²) in [5.74, 6) is 2.46. The van der Waals surface area contributed by atoms with Gasteiger partial charge in [0, 0.05) is 10.8 Å². The molecule has 1 heterocycles. The van der Waals surface area contributed by atoms with E-state index in [4.69, 9.17) is 9.47 Å². The molecule has 0 unspecified atom stereocenters. The van der Waals surface area contributed by atoms with E-state index in [-0.39, 0.29) is 29.3 Å². The van der Waals surface area contributed by atoms with Crippen molar-refractivity contribution < 1.29 is 35.8 Å². The molecule has 3 aromatic carbocycles. The predicted molar refractivity (Wildman–Crippen MR) is 148 cm³/mol. The van der Waals surface area contributed by atoms with Crippen LogP contribution < -0.4 is 31.0 Å². The van der Waals surface area contributed by atoms with Gasteiger partial charge in [-0.15, -0.1) is 0 Å². The molecule has 0 atom stereocenters. The number of Topliss-reactive ketones (excluding diaryl/α,β-unsaturated/α-hetero) is 1. The molecule has 1 aromatic heterocycles. The fourth-order valence-corrected chi connectivity index (χ4v) is 4.27. The van der Waals surface area contributed by atoms with Crippen molar-refractivity contribution in [1.82, 2.24) is 4.57 Å². The van der Waals surface area contributed by atoms with Gasteiger partial charge in [0.05, 0.1) is 18.8 Å². The summed E-state index contributed by atoms with van der Waals surface area (Å²) in [6, 6.07) is 20.2. The third-order valence-corrected chi connectivity index (χ3v) is 6.43. The van der Waals surface area contributed by atoms with Gasteiger partial charge in [-0.3, -0.25) is 4.79 Å². The molecule has 0 aliphatic carbocycles. The molecule has 0 fully saturated rings. The zero-order valence-corrected chi connectivity index (χ0v) is 24.5. The fraction of sp³-hybridized carbons (Fsp3) is 0.375. The Bertz CT molecular complexity index is 1320. The topological polar surface area (TPSA) is 44.3 Å². The molecule has 0 spiro atoms. The first-order chi connectivity index (χ1) is 17.9. The number of fused-ring (bicyclic) bond motifs is 1. The standard InChI is InChI=1S/C32H39N2O3.BrH/c1-24(2)14-18-36-31-20-29(32(37-19-15-25(3)4)28-13-9-8-12-27(28)31)30(35)22-34-17-16-33(23-34)21-26-10-6-5-7-11-26;/h5-13,16-17,20,23-25H,14-15,18-19,21-22H2,1-4H3;1H/q+1;/p-1. The third kappa shape index (κ3) is 7.94. The number of halogens is 1. The number of ketones is 1. The van der Waals surface area contributed by atoms with Crippen molar-refractivity contribution in [2.24, 2.45) is 11.8 Å². The van der Waals surface area contributed by atoms with Gasteiger partial charge in [-0.25, -0.2) is 9.13 Å². The molecule has 38 heavy (non-hydrogen) atoms. The van der Waals surface area contributed by atoms with Crippen LogP contribution in [0.4, 0.5) is 0 Å². The number of hydrogen-bond donors (Lipinski definition) is 0. The predicted octanol–water partition coefficient (Wildman–Crippen LogP) is 3.71. The van der Waals surface area contributed by atoms with Crippen molar-refractivity contribution in [1.29, 1.82) is 0 Å². The maximum atomic E-state index is 13.7. The van der Waals surface area contributed by atoms with Gasteiger partial charge in [0.25, 0.3) is 0 Å². The number of benzene rings is 3. The Labute approximate surface area is 237 Å². The Balaban J connectivity index is 0.00000400. The van der Waals surface area contributed by atoms with Crippen LogP contribution in [0.5, 0.6) is 11.5 Å². The van der Waals surface area contributed by atoms with E-state index in [9.17, 15) is 4.79 Å². The lowest BCUT2D eigenvalue weighted by Gasteiger charge is -2.18. The highest BCUT2D eigenvalue weighted by molar-refractivity contribution is 6.07. The molecule has 0 N–H and O–H groups in total. The molecule has 4 aromatic rings. The fourth-order valence-electron chi connectivity index (χ4n) is 4.27.